The lowest BCUT2D eigenvalue weighted by molar-refractivity contribution is 0.472. The number of anilines is 1. The number of hydrogen-bond donors (Lipinski definition) is 5. The molecular formula is C20H15N3O10S3. The summed E-state index contributed by atoms with van der Waals surface area (Å²) in [4.78, 5) is -2.48. The van der Waals surface area contributed by atoms with Crippen molar-refractivity contribution in [2.45, 2.75) is 14.7 Å². The van der Waals surface area contributed by atoms with E-state index in [1.54, 1.807) is 12.1 Å². The average molecular weight is 554 g/mol. The molecule has 0 heterocycles. The summed E-state index contributed by atoms with van der Waals surface area (Å²) in [6.07, 6.45) is 0. The van der Waals surface area contributed by atoms with Crippen LogP contribution in [0.4, 0.5) is 17.1 Å². The van der Waals surface area contributed by atoms with Crippen molar-refractivity contribution in [3.63, 3.8) is 0 Å². The molecule has 0 atom stereocenters. The SMILES string of the molecule is Nc1c(S(=O)(=O)O)c(N=Nc2ccc3ccccc3c2S(=O)(=O)O)c(O)c2ccc(S(=O)(=O)O)cc12. The van der Waals surface area contributed by atoms with Crippen LogP contribution in [0.5, 0.6) is 5.75 Å². The Morgan fingerprint density at radius 3 is 1.92 bits per heavy atom. The first-order valence-corrected chi connectivity index (χ1v) is 13.9. The van der Waals surface area contributed by atoms with Crippen LogP contribution < -0.4 is 5.73 Å². The summed E-state index contributed by atoms with van der Waals surface area (Å²) in [5.41, 5.74) is 3.80. The molecule has 0 spiro atoms. The topological polar surface area (TPSA) is 234 Å². The smallest absolute Gasteiger partial charge is 0.298 e. The van der Waals surface area contributed by atoms with Gasteiger partial charge in [0.15, 0.2) is 11.4 Å². The summed E-state index contributed by atoms with van der Waals surface area (Å²) in [5, 5.41) is 17.9. The van der Waals surface area contributed by atoms with Crippen LogP contribution in [-0.2, 0) is 30.4 Å². The van der Waals surface area contributed by atoms with E-state index in [2.05, 4.69) is 10.2 Å². The van der Waals surface area contributed by atoms with Crippen molar-refractivity contribution in [3.05, 3.63) is 54.6 Å². The van der Waals surface area contributed by atoms with Gasteiger partial charge in [-0.15, -0.1) is 10.2 Å². The molecule has 16 heteroatoms. The van der Waals surface area contributed by atoms with Crippen molar-refractivity contribution in [1.82, 2.24) is 0 Å². The number of azo groups is 1. The van der Waals surface area contributed by atoms with Gasteiger partial charge in [0, 0.05) is 16.2 Å². The third kappa shape index (κ3) is 4.48. The summed E-state index contributed by atoms with van der Waals surface area (Å²) in [6.45, 7) is 0. The number of phenols is 1. The van der Waals surface area contributed by atoms with Crippen LogP contribution in [0.1, 0.15) is 0 Å². The number of nitrogens with two attached hydrogens (primary N) is 1. The highest BCUT2D eigenvalue weighted by Crippen LogP contribution is 2.46. The minimum Gasteiger partial charge on any atom is -0.505 e. The van der Waals surface area contributed by atoms with E-state index >= 15 is 0 Å². The summed E-state index contributed by atoms with van der Waals surface area (Å²) in [5.74, 6) is -0.911. The molecule has 0 saturated heterocycles. The number of benzene rings is 4. The van der Waals surface area contributed by atoms with E-state index in [-0.39, 0.29) is 16.2 Å². The zero-order valence-electron chi connectivity index (χ0n) is 17.6. The molecule has 0 fully saturated rings. The summed E-state index contributed by atoms with van der Waals surface area (Å²) in [7, 11) is -14.8. The minimum atomic E-state index is -5.22. The Morgan fingerprint density at radius 2 is 1.31 bits per heavy atom. The molecule has 0 saturated carbocycles. The molecule has 36 heavy (non-hydrogen) atoms. The molecule has 0 radical (unpaired) electrons. The van der Waals surface area contributed by atoms with E-state index in [0.29, 0.717) is 5.39 Å². The molecule has 0 aliphatic carbocycles. The van der Waals surface area contributed by atoms with Gasteiger partial charge in [-0.05, 0) is 29.7 Å². The first-order valence-electron chi connectivity index (χ1n) is 9.55. The van der Waals surface area contributed by atoms with Crippen LogP contribution in [0.15, 0.2) is 79.5 Å². The van der Waals surface area contributed by atoms with Crippen LogP contribution >= 0.6 is 0 Å². The Labute approximate surface area is 203 Å². The van der Waals surface area contributed by atoms with E-state index < -0.39 is 67.9 Å². The molecule has 13 nitrogen and oxygen atoms in total. The fraction of sp³-hybridized carbons (Fsp3) is 0. The maximum atomic E-state index is 12.1. The van der Waals surface area contributed by atoms with Crippen LogP contribution in [0.3, 0.4) is 0 Å². The van der Waals surface area contributed by atoms with Crippen LogP contribution in [-0.4, -0.2) is 44.0 Å². The quantitative estimate of drug-likeness (QED) is 0.104. The van der Waals surface area contributed by atoms with E-state index in [1.807, 2.05) is 0 Å². The standard InChI is InChI=1S/C20H15N3O10S3/c21-16-14-9-11(34(25,26)27)6-7-13(14)18(24)17(20(16)36(31,32)33)23-22-15-8-5-10-3-1-2-4-12(10)19(15)35(28,29)30/h1-9,24H,21H2,(H,25,26,27)(H,28,29,30)(H,31,32,33). The fourth-order valence-corrected chi connectivity index (χ4v) is 5.75. The third-order valence-electron chi connectivity index (χ3n) is 5.15. The first kappa shape index (κ1) is 25.4. The second-order valence-corrected chi connectivity index (χ2v) is 11.5. The van der Waals surface area contributed by atoms with Crippen molar-refractivity contribution in [2.24, 2.45) is 10.2 Å². The Kier molecular flexibility index (Phi) is 5.98. The maximum absolute atomic E-state index is 12.1. The molecule has 4 aromatic carbocycles. The van der Waals surface area contributed by atoms with Crippen molar-refractivity contribution < 1.29 is 44.0 Å². The van der Waals surface area contributed by atoms with Gasteiger partial charge in [0.05, 0.1) is 10.6 Å². The van der Waals surface area contributed by atoms with Gasteiger partial charge < -0.3 is 10.8 Å². The van der Waals surface area contributed by atoms with Crippen molar-refractivity contribution >= 4 is 69.0 Å². The van der Waals surface area contributed by atoms with Gasteiger partial charge >= 0.3 is 0 Å². The summed E-state index contributed by atoms with van der Waals surface area (Å²) >= 11 is 0. The second-order valence-electron chi connectivity index (χ2n) is 7.41. The molecular weight excluding hydrogens is 538 g/mol. The maximum Gasteiger partial charge on any atom is 0.298 e. The molecule has 4 rings (SSSR count). The molecule has 0 bridgehead atoms. The van der Waals surface area contributed by atoms with Crippen LogP contribution in [0.25, 0.3) is 21.5 Å². The minimum absolute atomic E-state index is 0.0754. The first-order chi connectivity index (χ1) is 16.6. The van der Waals surface area contributed by atoms with E-state index in [1.165, 1.54) is 24.3 Å². The lowest BCUT2D eigenvalue weighted by Crippen LogP contribution is -2.05. The fourth-order valence-electron chi connectivity index (χ4n) is 3.64. The lowest BCUT2D eigenvalue weighted by Gasteiger charge is -2.13. The van der Waals surface area contributed by atoms with Gasteiger partial charge in [-0.25, -0.2) is 0 Å². The molecule has 0 aromatic heterocycles. The normalized spacial score (nSPS) is 13.1. The number of nitrogen functional groups attached to an aromatic ring is 1. The van der Waals surface area contributed by atoms with Gasteiger partial charge in [-0.3, -0.25) is 13.7 Å². The molecule has 0 unspecified atom stereocenters. The average Bonchev–Trinajstić information content (AvgIpc) is 2.77. The summed E-state index contributed by atoms with van der Waals surface area (Å²) < 4.78 is 100. The predicted molar refractivity (Wildman–Crippen MR) is 128 cm³/mol. The molecule has 0 aliphatic heterocycles. The van der Waals surface area contributed by atoms with Gasteiger partial charge in [0.1, 0.15) is 15.5 Å². The van der Waals surface area contributed by atoms with Crippen molar-refractivity contribution in [1.29, 1.82) is 0 Å². The molecule has 6 N–H and O–H groups in total. The van der Waals surface area contributed by atoms with Crippen molar-refractivity contribution in [3.8, 4) is 5.75 Å². The number of rotatable bonds is 5. The number of aromatic hydroxyl groups is 1. The highest BCUT2D eigenvalue weighted by molar-refractivity contribution is 7.86. The van der Waals surface area contributed by atoms with E-state index in [9.17, 15) is 44.0 Å². The Morgan fingerprint density at radius 1 is 0.667 bits per heavy atom. The molecule has 0 amide bonds. The van der Waals surface area contributed by atoms with E-state index in [4.69, 9.17) is 5.73 Å². The third-order valence-corrected chi connectivity index (χ3v) is 7.87. The second kappa shape index (κ2) is 8.47. The highest BCUT2D eigenvalue weighted by atomic mass is 32.2. The predicted octanol–water partition coefficient (Wildman–Crippen LogP) is 3.44. The van der Waals surface area contributed by atoms with Gasteiger partial charge in [-0.1, -0.05) is 30.3 Å². The molecule has 4 aromatic rings. The highest BCUT2D eigenvalue weighted by Gasteiger charge is 2.28. The lowest BCUT2D eigenvalue weighted by atomic mass is 10.1. The summed E-state index contributed by atoms with van der Waals surface area (Å²) in [6, 6.07) is 11.4. The van der Waals surface area contributed by atoms with Gasteiger partial charge in [-0.2, -0.15) is 25.3 Å². The van der Waals surface area contributed by atoms with E-state index in [0.717, 1.165) is 18.2 Å². The van der Waals surface area contributed by atoms with Crippen LogP contribution in [0, 0.1) is 0 Å². The largest absolute Gasteiger partial charge is 0.505 e. The number of hydrogen-bond acceptors (Lipinski definition) is 10. The molecule has 188 valence electrons. The zero-order valence-corrected chi connectivity index (χ0v) is 20.1. The monoisotopic (exact) mass is 553 g/mol. The number of nitrogens with zero attached hydrogens (tertiary/aromatic N) is 2. The van der Waals surface area contributed by atoms with Gasteiger partial charge in [0.2, 0.25) is 0 Å². The zero-order chi connectivity index (χ0) is 26.6. The Hall–Kier alpha value is -3.67. The van der Waals surface area contributed by atoms with Crippen molar-refractivity contribution in [2.75, 3.05) is 5.73 Å². The number of phenolic OH excluding ortho intramolecular Hbond substituents is 1. The van der Waals surface area contributed by atoms with Gasteiger partial charge in [0.25, 0.3) is 30.4 Å². The molecule has 0 aliphatic rings. The Balaban J connectivity index is 2.05. The van der Waals surface area contributed by atoms with Crippen LogP contribution in [0.2, 0.25) is 0 Å². The Bertz CT molecular complexity index is 1940. The number of fused-ring (bicyclic) bond motifs is 2.